The molecule has 0 atom stereocenters. The Hall–Kier alpha value is -3.33. The van der Waals surface area contributed by atoms with Crippen molar-refractivity contribution in [1.82, 2.24) is 14.3 Å². The van der Waals surface area contributed by atoms with Crippen LogP contribution in [0.1, 0.15) is 32.1 Å². The SMILES string of the molecule is COC(=O)c1ccc(C(=O)N2CCN(c3nc(Cc4ccc(F)cc4)ns3)CC2)cc1. The zero-order valence-electron chi connectivity index (χ0n) is 17.0. The Bertz CT molecular complexity index is 1060. The molecule has 2 aromatic carbocycles. The normalized spacial score (nSPS) is 13.9. The number of carbonyl (C=O) groups is 2. The van der Waals surface area contributed by atoms with Crippen LogP contribution in [0.4, 0.5) is 9.52 Å². The minimum absolute atomic E-state index is 0.0645. The molecular weight excluding hydrogens is 419 g/mol. The highest BCUT2D eigenvalue weighted by Gasteiger charge is 2.24. The fraction of sp³-hybridized carbons (Fsp3) is 0.273. The van der Waals surface area contributed by atoms with Gasteiger partial charge in [-0.1, -0.05) is 12.1 Å². The summed E-state index contributed by atoms with van der Waals surface area (Å²) in [6, 6.07) is 12.8. The number of esters is 1. The number of aromatic nitrogens is 2. The van der Waals surface area contributed by atoms with Crippen LogP contribution < -0.4 is 4.90 Å². The molecule has 1 aliphatic rings. The van der Waals surface area contributed by atoms with Crippen LogP contribution in [-0.4, -0.2) is 59.4 Å². The number of piperazine rings is 1. The van der Waals surface area contributed by atoms with Crippen molar-refractivity contribution in [3.63, 3.8) is 0 Å². The van der Waals surface area contributed by atoms with Crippen molar-refractivity contribution in [2.45, 2.75) is 6.42 Å². The predicted molar refractivity (Wildman–Crippen MR) is 115 cm³/mol. The Balaban J connectivity index is 1.33. The molecule has 1 amide bonds. The molecule has 0 unspecified atom stereocenters. The predicted octanol–water partition coefficient (Wildman–Crippen LogP) is 3.02. The lowest BCUT2D eigenvalue weighted by molar-refractivity contribution is 0.0599. The maximum absolute atomic E-state index is 13.1. The van der Waals surface area contributed by atoms with Gasteiger partial charge in [-0.2, -0.15) is 4.37 Å². The molecule has 1 aliphatic heterocycles. The number of hydrogen-bond donors (Lipinski definition) is 0. The van der Waals surface area contributed by atoms with Gasteiger partial charge in [0.05, 0.1) is 12.7 Å². The topological polar surface area (TPSA) is 75.6 Å². The first kappa shape index (κ1) is 20.9. The molecule has 7 nitrogen and oxygen atoms in total. The van der Waals surface area contributed by atoms with Gasteiger partial charge in [0, 0.05) is 49.7 Å². The van der Waals surface area contributed by atoms with E-state index in [0.717, 1.165) is 10.7 Å². The van der Waals surface area contributed by atoms with Gasteiger partial charge in [-0.05, 0) is 42.0 Å². The van der Waals surface area contributed by atoms with E-state index in [4.69, 9.17) is 0 Å². The first-order chi connectivity index (χ1) is 15.0. The lowest BCUT2D eigenvalue weighted by Gasteiger charge is -2.34. The molecule has 3 aromatic rings. The maximum atomic E-state index is 13.1. The molecule has 0 aliphatic carbocycles. The quantitative estimate of drug-likeness (QED) is 0.568. The molecule has 0 radical (unpaired) electrons. The van der Waals surface area contributed by atoms with E-state index in [-0.39, 0.29) is 11.7 Å². The number of amides is 1. The second-order valence-electron chi connectivity index (χ2n) is 7.14. The summed E-state index contributed by atoms with van der Waals surface area (Å²) in [5, 5.41) is 0.826. The van der Waals surface area contributed by atoms with Crippen LogP contribution in [0.3, 0.4) is 0 Å². The van der Waals surface area contributed by atoms with E-state index < -0.39 is 5.97 Å². The largest absolute Gasteiger partial charge is 0.465 e. The van der Waals surface area contributed by atoms with Gasteiger partial charge in [0.15, 0.2) is 0 Å². The first-order valence-electron chi connectivity index (χ1n) is 9.83. The Morgan fingerprint density at radius 3 is 2.29 bits per heavy atom. The molecule has 4 rings (SSSR count). The number of anilines is 1. The summed E-state index contributed by atoms with van der Waals surface area (Å²) in [5.41, 5.74) is 1.91. The van der Waals surface area contributed by atoms with Gasteiger partial charge in [0.25, 0.3) is 5.91 Å². The van der Waals surface area contributed by atoms with E-state index in [1.807, 2.05) is 0 Å². The summed E-state index contributed by atoms with van der Waals surface area (Å²) >= 11 is 1.33. The fourth-order valence-electron chi connectivity index (χ4n) is 3.38. The van der Waals surface area contributed by atoms with Gasteiger partial charge in [-0.3, -0.25) is 4.79 Å². The van der Waals surface area contributed by atoms with Gasteiger partial charge in [0.2, 0.25) is 5.13 Å². The van der Waals surface area contributed by atoms with Gasteiger partial charge in [-0.25, -0.2) is 14.2 Å². The van der Waals surface area contributed by atoms with Gasteiger partial charge in [0.1, 0.15) is 11.6 Å². The molecule has 160 valence electrons. The molecule has 9 heteroatoms. The third-order valence-electron chi connectivity index (χ3n) is 5.12. The average molecular weight is 441 g/mol. The lowest BCUT2D eigenvalue weighted by atomic mass is 10.1. The zero-order valence-corrected chi connectivity index (χ0v) is 17.8. The van der Waals surface area contributed by atoms with Crippen molar-refractivity contribution in [3.05, 3.63) is 76.9 Å². The number of hydrogen-bond acceptors (Lipinski definition) is 7. The van der Waals surface area contributed by atoms with Gasteiger partial charge in [-0.15, -0.1) is 0 Å². The van der Waals surface area contributed by atoms with E-state index in [1.165, 1.54) is 30.8 Å². The van der Waals surface area contributed by atoms with Crippen LogP contribution in [0.2, 0.25) is 0 Å². The van der Waals surface area contributed by atoms with Crippen LogP contribution >= 0.6 is 11.5 Å². The number of ether oxygens (including phenoxy) is 1. The van der Waals surface area contributed by atoms with Crippen molar-refractivity contribution >= 4 is 28.5 Å². The van der Waals surface area contributed by atoms with Crippen molar-refractivity contribution in [1.29, 1.82) is 0 Å². The summed E-state index contributed by atoms with van der Waals surface area (Å²) in [5.74, 6) is -0.0490. The Morgan fingerprint density at radius 2 is 1.65 bits per heavy atom. The molecule has 0 spiro atoms. The molecule has 0 N–H and O–H groups in total. The van der Waals surface area contributed by atoms with E-state index in [2.05, 4.69) is 19.0 Å². The Morgan fingerprint density at radius 1 is 1.00 bits per heavy atom. The summed E-state index contributed by atoms with van der Waals surface area (Å²) in [4.78, 5) is 32.8. The van der Waals surface area contributed by atoms with Crippen molar-refractivity contribution in [2.75, 3.05) is 38.2 Å². The van der Waals surface area contributed by atoms with E-state index in [0.29, 0.717) is 49.6 Å². The highest BCUT2D eigenvalue weighted by atomic mass is 32.1. The number of carbonyl (C=O) groups excluding carboxylic acids is 2. The minimum Gasteiger partial charge on any atom is -0.465 e. The molecule has 0 bridgehead atoms. The van der Waals surface area contributed by atoms with Crippen LogP contribution in [0.25, 0.3) is 0 Å². The highest BCUT2D eigenvalue weighted by molar-refractivity contribution is 7.09. The molecule has 31 heavy (non-hydrogen) atoms. The maximum Gasteiger partial charge on any atom is 0.337 e. The number of benzene rings is 2. The van der Waals surface area contributed by atoms with Crippen LogP contribution in [-0.2, 0) is 11.2 Å². The zero-order chi connectivity index (χ0) is 21.8. The first-order valence-corrected chi connectivity index (χ1v) is 10.6. The van der Waals surface area contributed by atoms with Gasteiger partial charge >= 0.3 is 5.97 Å². The average Bonchev–Trinajstić information content (AvgIpc) is 3.28. The molecule has 0 saturated carbocycles. The molecule has 2 heterocycles. The van der Waals surface area contributed by atoms with Crippen molar-refractivity contribution in [3.8, 4) is 0 Å². The second kappa shape index (κ2) is 9.22. The monoisotopic (exact) mass is 440 g/mol. The van der Waals surface area contributed by atoms with Crippen LogP contribution in [0.15, 0.2) is 48.5 Å². The molecule has 1 aromatic heterocycles. The third kappa shape index (κ3) is 4.88. The molecule has 1 saturated heterocycles. The minimum atomic E-state index is -0.427. The standard InChI is InChI=1S/C22H21FN4O3S/c1-30-21(29)17-6-4-16(5-7-17)20(28)26-10-12-27(13-11-26)22-24-19(25-31-22)14-15-2-8-18(23)9-3-15/h2-9H,10-14H2,1H3. The van der Waals surface area contributed by atoms with Gasteiger partial charge < -0.3 is 14.5 Å². The van der Waals surface area contributed by atoms with E-state index in [1.54, 1.807) is 41.3 Å². The van der Waals surface area contributed by atoms with E-state index >= 15 is 0 Å². The number of nitrogens with zero attached hydrogens (tertiary/aromatic N) is 4. The Labute approximate surface area is 183 Å². The summed E-state index contributed by atoms with van der Waals surface area (Å²) < 4.78 is 22.1. The number of halogens is 1. The highest BCUT2D eigenvalue weighted by Crippen LogP contribution is 2.21. The smallest absolute Gasteiger partial charge is 0.337 e. The van der Waals surface area contributed by atoms with Crippen LogP contribution in [0.5, 0.6) is 0 Å². The second-order valence-corrected chi connectivity index (χ2v) is 7.87. The third-order valence-corrected chi connectivity index (χ3v) is 5.94. The number of methoxy groups -OCH3 is 1. The summed E-state index contributed by atoms with van der Waals surface area (Å²) in [7, 11) is 1.32. The number of rotatable bonds is 5. The van der Waals surface area contributed by atoms with Crippen molar-refractivity contribution in [2.24, 2.45) is 0 Å². The van der Waals surface area contributed by atoms with Crippen molar-refractivity contribution < 1.29 is 18.7 Å². The lowest BCUT2D eigenvalue weighted by Crippen LogP contribution is -2.48. The summed E-state index contributed by atoms with van der Waals surface area (Å²) in [6.45, 7) is 2.48. The Kier molecular flexibility index (Phi) is 6.22. The molecular formula is C22H21FN4O3S. The fourth-order valence-corrected chi connectivity index (χ4v) is 4.12. The molecule has 1 fully saturated rings. The van der Waals surface area contributed by atoms with Crippen LogP contribution in [0, 0.1) is 5.82 Å². The van der Waals surface area contributed by atoms with E-state index in [9.17, 15) is 14.0 Å². The summed E-state index contributed by atoms with van der Waals surface area (Å²) in [6.07, 6.45) is 0.552.